The van der Waals surface area contributed by atoms with Crippen molar-refractivity contribution in [2.24, 2.45) is 5.41 Å². The van der Waals surface area contributed by atoms with Crippen LogP contribution < -0.4 is 5.32 Å². The van der Waals surface area contributed by atoms with Crippen LogP contribution in [-0.4, -0.2) is 160 Å². The van der Waals surface area contributed by atoms with Crippen molar-refractivity contribution < 1.29 is 68.4 Å². The zero-order valence-electron chi connectivity index (χ0n) is 37.6. The first kappa shape index (κ1) is 49.1. The third-order valence-electron chi connectivity index (χ3n) is 13.6. The number of unbranched alkanes of at least 4 members (excludes halogenated alkanes) is 4. The second kappa shape index (κ2) is 21.8. The molecule has 5 aliphatic rings. The number of hydrogen-bond donors (Lipinski definition) is 6. The summed E-state index contributed by atoms with van der Waals surface area (Å²) in [5.41, 5.74) is 0.702. The molecule has 17 heteroatoms. The molecule has 358 valence electrons. The Kier molecular flexibility index (Phi) is 16.5. The van der Waals surface area contributed by atoms with Crippen LogP contribution in [0, 0.1) is 5.41 Å². The highest BCUT2D eigenvalue weighted by molar-refractivity contribution is 5.96. The first-order chi connectivity index (χ1) is 31.4. The van der Waals surface area contributed by atoms with E-state index < -0.39 is 103 Å². The van der Waals surface area contributed by atoms with Gasteiger partial charge in [0.2, 0.25) is 11.8 Å². The van der Waals surface area contributed by atoms with E-state index in [1.165, 1.54) is 9.96 Å². The molecule has 0 aromatic heterocycles. The summed E-state index contributed by atoms with van der Waals surface area (Å²) in [5, 5.41) is 54.3. The van der Waals surface area contributed by atoms with Crippen molar-refractivity contribution in [3.8, 4) is 0 Å². The second-order valence-electron chi connectivity index (χ2n) is 18.0. The number of amides is 2. The number of esters is 1. The van der Waals surface area contributed by atoms with Gasteiger partial charge in [0.1, 0.15) is 60.3 Å². The molecule has 0 radical (unpaired) electrons. The number of nitrogens with one attached hydrogen (secondary N) is 1. The number of nitrogens with zero attached hydrogens (tertiary/aromatic N) is 2. The van der Waals surface area contributed by atoms with Crippen LogP contribution in [0.2, 0.25) is 0 Å². The molecule has 1 aliphatic carbocycles. The molecule has 17 nitrogen and oxygen atoms in total. The van der Waals surface area contributed by atoms with Crippen LogP contribution in [0.5, 0.6) is 0 Å². The van der Waals surface area contributed by atoms with Gasteiger partial charge in [0.25, 0.3) is 0 Å². The van der Waals surface area contributed by atoms with Crippen molar-refractivity contribution in [1.29, 1.82) is 0 Å². The van der Waals surface area contributed by atoms with Crippen molar-refractivity contribution in [2.75, 3.05) is 33.4 Å². The van der Waals surface area contributed by atoms with Gasteiger partial charge in [-0.3, -0.25) is 19.2 Å². The Balaban J connectivity index is 1.21. The second-order valence-corrected chi connectivity index (χ2v) is 18.0. The highest BCUT2D eigenvalue weighted by Gasteiger charge is 2.76. The smallest absolute Gasteiger partial charge is 0.327 e. The molecule has 5 fully saturated rings. The summed E-state index contributed by atoms with van der Waals surface area (Å²) in [6.07, 6.45) is 0.257. The fourth-order valence-electron chi connectivity index (χ4n) is 10.2. The number of rotatable bonds is 22. The minimum atomic E-state index is -1.58. The van der Waals surface area contributed by atoms with Crippen LogP contribution in [0.4, 0.5) is 0 Å². The van der Waals surface area contributed by atoms with E-state index in [0.29, 0.717) is 12.8 Å². The van der Waals surface area contributed by atoms with Gasteiger partial charge in [0.15, 0.2) is 18.1 Å². The van der Waals surface area contributed by atoms with E-state index in [-0.39, 0.29) is 39.1 Å². The van der Waals surface area contributed by atoms with E-state index >= 15 is 4.79 Å². The van der Waals surface area contributed by atoms with Gasteiger partial charge in [-0.1, -0.05) is 106 Å². The number of carbonyl (C=O) groups is 3. The maximum Gasteiger partial charge on any atom is 0.327 e. The molecule has 7 rings (SSSR count). The van der Waals surface area contributed by atoms with Gasteiger partial charge in [-0.25, -0.2) is 0 Å². The molecular weight excluding hydrogens is 843 g/mol. The SMILES string of the molecule is CCCCCC1(CCCCC)O[C@@H]2[C@H]3ON(Cc4ccccc4C=CCO[C@H]4O[C@H](CO)[C@H](O)[C@H](O)[C@H]4O)[C@H]4C(=O)OC(CC34C(=O)N(C)[C@H](Cc3ccccc3)C(=O)NCCO)[C@@H]2O1. The average Bonchev–Trinajstić information content (AvgIpc) is 3.87. The Morgan fingerprint density at radius 2 is 1.63 bits per heavy atom. The first-order valence-corrected chi connectivity index (χ1v) is 23.3. The van der Waals surface area contributed by atoms with E-state index in [4.69, 9.17) is 28.5 Å². The van der Waals surface area contributed by atoms with Gasteiger partial charge in [0.05, 0.1) is 26.4 Å². The molecule has 12 atom stereocenters. The summed E-state index contributed by atoms with van der Waals surface area (Å²) < 4.78 is 31.5. The Morgan fingerprint density at radius 1 is 0.938 bits per heavy atom. The van der Waals surface area contributed by atoms with E-state index in [1.807, 2.05) is 54.6 Å². The van der Waals surface area contributed by atoms with Gasteiger partial charge in [-0.05, 0) is 29.5 Å². The maximum atomic E-state index is 15.7. The van der Waals surface area contributed by atoms with E-state index in [2.05, 4.69) is 19.2 Å². The Labute approximate surface area is 380 Å². The standard InChI is InChI=1S/C48H67N3O14/c1-4-6-13-21-47(22-14-7-5-2)63-39-34-27-48(46(59)50(3)33(43(57)49-23-24-52)26-30-16-9-8-10-17-30)41(44(58)61-34)51(65-42(48)40(39)64-47)28-32-19-12-11-18-31(32)20-15-25-60-45-38(56)37(55)36(54)35(29-53)62-45/h8-12,15-20,33-42,45,52-56H,4-7,13-14,21-29H2,1-3H3,(H,49,57)/t33-,34?,35-,36+,37+,38-,39+,40+,41+,42-,45+,48?/m1/s1. The summed E-state index contributed by atoms with van der Waals surface area (Å²) in [7, 11) is 1.58. The molecule has 2 aromatic carbocycles. The number of aliphatic hydroxyl groups is 5. The zero-order chi connectivity index (χ0) is 46.3. The molecule has 2 bridgehead atoms. The fourth-order valence-corrected chi connectivity index (χ4v) is 10.2. The number of hydrogen-bond acceptors (Lipinski definition) is 15. The average molecular weight is 910 g/mol. The molecule has 65 heavy (non-hydrogen) atoms. The number of hydroxylamine groups is 2. The maximum absolute atomic E-state index is 15.7. The summed E-state index contributed by atoms with van der Waals surface area (Å²) in [6, 6.07) is 14.5. The summed E-state index contributed by atoms with van der Waals surface area (Å²) in [5.74, 6) is -2.54. The lowest BCUT2D eigenvalue weighted by atomic mass is 9.62. The molecular formula is C48H67N3O14. The fraction of sp³-hybridized carbons (Fsp3) is 0.646. The van der Waals surface area contributed by atoms with Gasteiger partial charge >= 0.3 is 5.97 Å². The summed E-state index contributed by atoms with van der Waals surface area (Å²) in [6.45, 7) is 3.36. The van der Waals surface area contributed by atoms with Crippen LogP contribution in [0.3, 0.4) is 0 Å². The van der Waals surface area contributed by atoms with Gasteiger partial charge in [-0.15, -0.1) is 0 Å². The largest absolute Gasteiger partial charge is 0.458 e. The van der Waals surface area contributed by atoms with E-state index in [0.717, 1.165) is 55.2 Å². The van der Waals surface area contributed by atoms with E-state index in [9.17, 15) is 35.1 Å². The normalized spacial score (nSPS) is 32.0. The lowest BCUT2D eigenvalue weighted by Crippen LogP contribution is -2.70. The van der Waals surface area contributed by atoms with Crippen molar-refractivity contribution >= 4 is 23.9 Å². The third kappa shape index (κ3) is 10.2. The lowest BCUT2D eigenvalue weighted by molar-refractivity contribution is -0.298. The molecule has 0 spiro atoms. The highest BCUT2D eigenvalue weighted by Crippen LogP contribution is 2.58. The number of benzene rings is 2. The van der Waals surface area contributed by atoms with Crippen LogP contribution in [0.15, 0.2) is 60.7 Å². The molecule has 4 aliphatic heterocycles. The van der Waals surface area contributed by atoms with Gasteiger partial charge in [-0.2, -0.15) is 5.06 Å². The number of aliphatic hydroxyl groups excluding tert-OH is 5. The van der Waals surface area contributed by atoms with Crippen molar-refractivity contribution in [2.45, 2.75) is 158 Å². The van der Waals surface area contributed by atoms with Crippen molar-refractivity contribution in [1.82, 2.24) is 15.3 Å². The Hall–Kier alpha value is -3.85. The molecule has 4 saturated heterocycles. The molecule has 6 N–H and O–H groups in total. The lowest BCUT2D eigenvalue weighted by Gasteiger charge is -2.50. The van der Waals surface area contributed by atoms with Crippen LogP contribution in [0.1, 0.15) is 88.3 Å². The molecule has 2 amide bonds. The predicted molar refractivity (Wildman–Crippen MR) is 234 cm³/mol. The van der Waals surface area contributed by atoms with Crippen molar-refractivity contribution in [3.63, 3.8) is 0 Å². The van der Waals surface area contributed by atoms with Crippen LogP contribution in [-0.2, 0) is 55.9 Å². The summed E-state index contributed by atoms with van der Waals surface area (Å²) >= 11 is 0. The molecule has 2 aromatic rings. The van der Waals surface area contributed by atoms with Gasteiger partial charge in [0, 0.05) is 39.3 Å². The predicted octanol–water partition coefficient (Wildman–Crippen LogP) is 2.14. The quantitative estimate of drug-likeness (QED) is 0.0736. The van der Waals surface area contributed by atoms with Crippen LogP contribution in [0.25, 0.3) is 6.08 Å². The Morgan fingerprint density at radius 3 is 2.32 bits per heavy atom. The number of likely N-dealkylation sites (N-methyl/N-ethyl adjacent to an activating group) is 1. The minimum absolute atomic E-state index is 0.00531. The number of ether oxygens (including phenoxy) is 5. The monoisotopic (exact) mass is 909 g/mol. The van der Waals surface area contributed by atoms with Crippen LogP contribution >= 0.6 is 0 Å². The third-order valence-corrected chi connectivity index (χ3v) is 13.6. The highest BCUT2D eigenvalue weighted by atomic mass is 16.8. The summed E-state index contributed by atoms with van der Waals surface area (Å²) in [4.78, 5) is 52.6. The van der Waals surface area contributed by atoms with E-state index in [1.54, 1.807) is 19.2 Å². The number of carbonyl (C=O) groups excluding carboxylic acids is 3. The minimum Gasteiger partial charge on any atom is -0.458 e. The molecule has 2 unspecified atom stereocenters. The topological polar surface area (TPSA) is 226 Å². The first-order valence-electron chi connectivity index (χ1n) is 23.3. The zero-order valence-corrected chi connectivity index (χ0v) is 37.6. The van der Waals surface area contributed by atoms with Crippen molar-refractivity contribution in [3.05, 3.63) is 77.4 Å². The molecule has 1 saturated carbocycles. The number of fused-ring (bicyclic) bond motifs is 4. The van der Waals surface area contributed by atoms with Gasteiger partial charge < -0.3 is 59.4 Å². The Bertz CT molecular complexity index is 1930. The molecule has 4 heterocycles.